The molecule has 1 heterocycles. The van der Waals surface area contributed by atoms with Crippen molar-refractivity contribution in [2.24, 2.45) is 5.73 Å². The van der Waals surface area contributed by atoms with E-state index in [0.29, 0.717) is 15.6 Å². The van der Waals surface area contributed by atoms with Gasteiger partial charge in [-0.3, -0.25) is 0 Å². The molecule has 1 unspecified atom stereocenters. The minimum Gasteiger partial charge on any atom is -0.440 e. The summed E-state index contributed by atoms with van der Waals surface area (Å²) >= 11 is 12.8. The first kappa shape index (κ1) is 18.7. The zero-order valence-electron chi connectivity index (χ0n) is 15.1. The molecule has 1 atom stereocenters. The van der Waals surface area contributed by atoms with Crippen LogP contribution in [0.25, 0.3) is 6.08 Å². The molecule has 2 N–H and O–H groups in total. The van der Waals surface area contributed by atoms with Crippen molar-refractivity contribution in [1.82, 2.24) is 0 Å². The number of nitrogens with zero attached hydrogens (tertiary/aromatic N) is 1. The molecule has 2 aliphatic rings. The second-order valence-electron chi connectivity index (χ2n) is 6.85. The van der Waals surface area contributed by atoms with Gasteiger partial charge in [0.2, 0.25) is 5.88 Å². The first-order valence-electron chi connectivity index (χ1n) is 9.10. The van der Waals surface area contributed by atoms with Crippen molar-refractivity contribution in [3.63, 3.8) is 0 Å². The van der Waals surface area contributed by atoms with Gasteiger partial charge in [0.05, 0.1) is 5.92 Å². The molecule has 0 aromatic heterocycles. The van der Waals surface area contributed by atoms with Gasteiger partial charge in [0.1, 0.15) is 17.4 Å². The number of allylic oxidation sites excluding steroid dienone is 3. The Hall–Kier alpha value is -2.67. The monoisotopic (exact) mass is 408 g/mol. The Morgan fingerprint density at radius 1 is 1.04 bits per heavy atom. The van der Waals surface area contributed by atoms with Crippen LogP contribution in [0, 0.1) is 11.3 Å². The van der Waals surface area contributed by atoms with Crippen LogP contribution in [0.3, 0.4) is 0 Å². The highest BCUT2D eigenvalue weighted by atomic mass is 35.5. The first-order chi connectivity index (χ1) is 13.6. The molecule has 2 aromatic carbocycles. The molecule has 1 aliphatic carbocycles. The summed E-state index contributed by atoms with van der Waals surface area (Å²) in [6, 6.07) is 17.5. The number of halogens is 2. The largest absolute Gasteiger partial charge is 0.440 e. The quantitative estimate of drug-likeness (QED) is 0.631. The fourth-order valence-corrected chi connectivity index (χ4v) is 4.32. The van der Waals surface area contributed by atoms with Crippen molar-refractivity contribution in [1.29, 1.82) is 5.26 Å². The Morgan fingerprint density at radius 3 is 2.46 bits per heavy atom. The molecule has 0 saturated carbocycles. The SMILES string of the molecule is N#CC1=C(N)OC2=C(CCC/C2=C/c2ccccc2Cl)C1c1ccccc1Cl. The molecule has 28 heavy (non-hydrogen) atoms. The maximum Gasteiger partial charge on any atom is 0.205 e. The van der Waals surface area contributed by atoms with Gasteiger partial charge in [-0.25, -0.2) is 0 Å². The van der Waals surface area contributed by atoms with E-state index < -0.39 is 0 Å². The molecular weight excluding hydrogens is 391 g/mol. The standard InChI is InChI=1S/C23H18Cl2N2O/c24-19-10-3-1-6-14(19)12-15-7-5-9-17-21(16-8-2-4-11-20(16)25)18(13-26)23(27)28-22(15)17/h1-4,6,8,10-12,21H,5,7,9,27H2/b15-12-. The lowest BCUT2D eigenvalue weighted by Gasteiger charge is -2.33. The van der Waals surface area contributed by atoms with E-state index in [9.17, 15) is 5.26 Å². The Morgan fingerprint density at radius 2 is 1.75 bits per heavy atom. The molecule has 0 bridgehead atoms. The van der Waals surface area contributed by atoms with Gasteiger partial charge >= 0.3 is 0 Å². The predicted molar refractivity (Wildman–Crippen MR) is 112 cm³/mol. The lowest BCUT2D eigenvalue weighted by molar-refractivity contribution is 0.277. The van der Waals surface area contributed by atoms with E-state index in [1.165, 1.54) is 0 Å². The Kier molecular flexibility index (Phi) is 5.17. The Balaban J connectivity index is 1.88. The molecular formula is C23H18Cl2N2O. The van der Waals surface area contributed by atoms with E-state index in [1.54, 1.807) is 0 Å². The third kappa shape index (κ3) is 3.30. The average molecular weight is 409 g/mol. The molecule has 5 heteroatoms. The number of hydrogen-bond acceptors (Lipinski definition) is 3. The highest BCUT2D eigenvalue weighted by Gasteiger charge is 2.36. The normalized spacial score (nSPS) is 20.6. The highest BCUT2D eigenvalue weighted by Crippen LogP contribution is 2.48. The van der Waals surface area contributed by atoms with Crippen LogP contribution in [-0.4, -0.2) is 0 Å². The number of benzene rings is 2. The third-order valence-electron chi connectivity index (χ3n) is 5.16. The van der Waals surface area contributed by atoms with E-state index in [4.69, 9.17) is 33.7 Å². The number of hydrogen-bond donors (Lipinski definition) is 1. The maximum absolute atomic E-state index is 9.75. The van der Waals surface area contributed by atoms with Crippen LogP contribution in [-0.2, 0) is 4.74 Å². The zero-order valence-corrected chi connectivity index (χ0v) is 16.6. The van der Waals surface area contributed by atoms with Crippen molar-refractivity contribution >= 4 is 29.3 Å². The zero-order chi connectivity index (χ0) is 19.7. The lowest BCUT2D eigenvalue weighted by Crippen LogP contribution is -2.24. The molecule has 3 nitrogen and oxygen atoms in total. The van der Waals surface area contributed by atoms with Gasteiger partial charge in [-0.2, -0.15) is 5.26 Å². The van der Waals surface area contributed by atoms with Crippen LogP contribution in [0.5, 0.6) is 0 Å². The van der Waals surface area contributed by atoms with E-state index in [0.717, 1.165) is 47.3 Å². The van der Waals surface area contributed by atoms with Crippen LogP contribution >= 0.6 is 23.2 Å². The smallest absolute Gasteiger partial charge is 0.205 e. The topological polar surface area (TPSA) is 59.0 Å². The summed E-state index contributed by atoms with van der Waals surface area (Å²) < 4.78 is 5.97. The Bertz CT molecular complexity index is 1080. The van der Waals surface area contributed by atoms with Gasteiger partial charge in [-0.1, -0.05) is 59.6 Å². The summed E-state index contributed by atoms with van der Waals surface area (Å²) in [7, 11) is 0. The van der Waals surface area contributed by atoms with Crippen LogP contribution in [0.4, 0.5) is 0 Å². The van der Waals surface area contributed by atoms with Crippen molar-refractivity contribution in [2.75, 3.05) is 0 Å². The van der Waals surface area contributed by atoms with E-state index in [-0.39, 0.29) is 11.8 Å². The van der Waals surface area contributed by atoms with Crippen molar-refractivity contribution in [3.05, 3.63) is 98.1 Å². The van der Waals surface area contributed by atoms with Gasteiger partial charge in [0, 0.05) is 10.0 Å². The number of ether oxygens (including phenoxy) is 1. The summed E-state index contributed by atoms with van der Waals surface area (Å²) in [5.41, 5.74) is 10.5. The molecule has 2 aromatic rings. The second-order valence-corrected chi connectivity index (χ2v) is 7.66. The first-order valence-corrected chi connectivity index (χ1v) is 9.86. The number of rotatable bonds is 2. The van der Waals surface area contributed by atoms with E-state index >= 15 is 0 Å². The van der Waals surface area contributed by atoms with Crippen LogP contribution < -0.4 is 5.73 Å². The summed E-state index contributed by atoms with van der Waals surface area (Å²) in [4.78, 5) is 0. The third-order valence-corrected chi connectivity index (χ3v) is 5.85. The molecule has 140 valence electrons. The average Bonchev–Trinajstić information content (AvgIpc) is 2.70. The molecule has 0 saturated heterocycles. The fourth-order valence-electron chi connectivity index (χ4n) is 3.88. The van der Waals surface area contributed by atoms with Gasteiger partial charge in [0.15, 0.2) is 0 Å². The van der Waals surface area contributed by atoms with Crippen LogP contribution in [0.2, 0.25) is 10.0 Å². The summed E-state index contributed by atoms with van der Waals surface area (Å²) in [5.74, 6) is 0.586. The maximum atomic E-state index is 9.75. The second kappa shape index (κ2) is 7.75. The van der Waals surface area contributed by atoms with Gasteiger partial charge in [-0.15, -0.1) is 0 Å². The van der Waals surface area contributed by atoms with Gasteiger partial charge in [0.25, 0.3) is 0 Å². The number of nitriles is 1. The summed E-state index contributed by atoms with van der Waals surface area (Å²) in [5, 5.41) is 11.0. The minimum absolute atomic E-state index is 0.137. The molecule has 0 radical (unpaired) electrons. The van der Waals surface area contributed by atoms with Gasteiger partial charge in [-0.05, 0) is 59.7 Å². The molecule has 0 spiro atoms. The lowest BCUT2D eigenvalue weighted by atomic mass is 9.77. The van der Waals surface area contributed by atoms with E-state index in [2.05, 4.69) is 6.07 Å². The van der Waals surface area contributed by atoms with Crippen LogP contribution in [0.1, 0.15) is 36.3 Å². The molecule has 1 aliphatic heterocycles. The van der Waals surface area contributed by atoms with Crippen LogP contribution in [0.15, 0.2) is 76.9 Å². The summed E-state index contributed by atoms with van der Waals surface area (Å²) in [6.45, 7) is 0. The minimum atomic E-state index is -0.294. The van der Waals surface area contributed by atoms with E-state index in [1.807, 2.05) is 54.6 Å². The van der Waals surface area contributed by atoms with Crippen molar-refractivity contribution in [2.45, 2.75) is 25.2 Å². The van der Waals surface area contributed by atoms with Gasteiger partial charge < -0.3 is 10.5 Å². The molecule has 0 fully saturated rings. The Labute approximate surface area is 174 Å². The fraction of sp³-hybridized carbons (Fsp3) is 0.174. The predicted octanol–water partition coefficient (Wildman–Crippen LogP) is 6.32. The van der Waals surface area contributed by atoms with Crippen molar-refractivity contribution < 1.29 is 4.74 Å². The number of nitrogens with two attached hydrogens (primary N) is 1. The molecule has 4 rings (SSSR count). The summed E-state index contributed by atoms with van der Waals surface area (Å²) in [6.07, 6.45) is 4.68. The molecule has 0 amide bonds. The van der Waals surface area contributed by atoms with Crippen molar-refractivity contribution in [3.8, 4) is 6.07 Å². The highest BCUT2D eigenvalue weighted by molar-refractivity contribution is 6.32.